The maximum Gasteiger partial charge on any atom is 0.0835 e. The number of thiophene rings is 1. The van der Waals surface area contributed by atoms with E-state index in [9.17, 15) is 0 Å². The van der Waals surface area contributed by atoms with Crippen LogP contribution in [0.2, 0.25) is 0 Å². The first-order valence-electron chi connectivity index (χ1n) is 5.91. The fraction of sp³-hybridized carbons (Fsp3) is 0.143. The van der Waals surface area contributed by atoms with E-state index in [0.717, 1.165) is 24.2 Å². The molecule has 0 spiro atoms. The van der Waals surface area contributed by atoms with Crippen molar-refractivity contribution in [1.82, 2.24) is 15.0 Å². The van der Waals surface area contributed by atoms with Gasteiger partial charge in [0.15, 0.2) is 0 Å². The summed E-state index contributed by atoms with van der Waals surface area (Å²) in [6, 6.07) is 14.3. The molecular weight excluding hydrogens is 242 g/mol. The summed E-state index contributed by atoms with van der Waals surface area (Å²) in [5.41, 5.74) is 2.08. The normalized spacial score (nSPS) is 10.7. The lowest BCUT2D eigenvalue weighted by Crippen LogP contribution is -1.93. The van der Waals surface area contributed by atoms with Gasteiger partial charge in [-0.25, -0.2) is 4.68 Å². The quantitative estimate of drug-likeness (QED) is 0.717. The second kappa shape index (κ2) is 5.14. The van der Waals surface area contributed by atoms with Crippen LogP contribution in [0.4, 0.5) is 0 Å². The van der Waals surface area contributed by atoms with Gasteiger partial charge < -0.3 is 0 Å². The number of rotatable bonds is 4. The maximum atomic E-state index is 4.21. The van der Waals surface area contributed by atoms with Crippen molar-refractivity contribution in [2.75, 3.05) is 0 Å². The molecule has 0 N–H and O–H groups in total. The highest BCUT2D eigenvalue weighted by atomic mass is 32.1. The molecule has 0 atom stereocenters. The molecule has 0 saturated carbocycles. The Bertz CT molecular complexity index is 599. The molecule has 0 aliphatic rings. The minimum Gasteiger partial charge on any atom is -0.220 e. The van der Waals surface area contributed by atoms with Crippen molar-refractivity contribution in [3.8, 4) is 5.69 Å². The summed E-state index contributed by atoms with van der Waals surface area (Å²) in [5.74, 6) is 0. The Morgan fingerprint density at radius 3 is 2.67 bits per heavy atom. The first-order chi connectivity index (χ1) is 8.92. The van der Waals surface area contributed by atoms with Crippen LogP contribution in [0, 0.1) is 0 Å². The first kappa shape index (κ1) is 11.2. The Hall–Kier alpha value is -1.94. The maximum absolute atomic E-state index is 4.21. The van der Waals surface area contributed by atoms with Crippen molar-refractivity contribution < 1.29 is 0 Å². The van der Waals surface area contributed by atoms with Crippen molar-refractivity contribution in [2.45, 2.75) is 12.8 Å². The van der Waals surface area contributed by atoms with Crippen LogP contribution >= 0.6 is 11.3 Å². The van der Waals surface area contributed by atoms with Gasteiger partial charge in [0, 0.05) is 4.88 Å². The average molecular weight is 255 g/mol. The lowest BCUT2D eigenvalue weighted by atomic mass is 10.2. The van der Waals surface area contributed by atoms with Crippen molar-refractivity contribution in [2.24, 2.45) is 0 Å². The summed E-state index contributed by atoms with van der Waals surface area (Å²) >= 11 is 1.79. The fourth-order valence-electron chi connectivity index (χ4n) is 1.83. The van der Waals surface area contributed by atoms with Gasteiger partial charge in [0.1, 0.15) is 0 Å². The van der Waals surface area contributed by atoms with Crippen molar-refractivity contribution >= 4 is 11.3 Å². The molecule has 3 nitrogen and oxygen atoms in total. The molecule has 3 aromatic rings. The van der Waals surface area contributed by atoms with Gasteiger partial charge in [0.2, 0.25) is 0 Å². The largest absolute Gasteiger partial charge is 0.220 e. The molecular formula is C14H13N3S. The summed E-state index contributed by atoms with van der Waals surface area (Å²) in [5, 5.41) is 10.5. The van der Waals surface area contributed by atoms with Gasteiger partial charge in [-0.05, 0) is 36.4 Å². The van der Waals surface area contributed by atoms with E-state index in [4.69, 9.17) is 0 Å². The molecule has 0 unspecified atom stereocenters. The molecule has 4 heteroatoms. The summed E-state index contributed by atoms with van der Waals surface area (Å²) in [6.45, 7) is 0. The molecule has 2 heterocycles. The van der Waals surface area contributed by atoms with Gasteiger partial charge in [-0.3, -0.25) is 0 Å². The third-order valence-corrected chi connectivity index (χ3v) is 3.71. The summed E-state index contributed by atoms with van der Waals surface area (Å²) in [4.78, 5) is 1.39. The highest BCUT2D eigenvalue weighted by Gasteiger charge is 2.03. The zero-order valence-electron chi connectivity index (χ0n) is 9.86. The molecule has 0 fully saturated rings. The number of benzene rings is 1. The molecule has 0 amide bonds. The second-order valence-corrected chi connectivity index (χ2v) is 5.10. The van der Waals surface area contributed by atoms with E-state index in [1.165, 1.54) is 4.88 Å². The Morgan fingerprint density at radius 1 is 1.00 bits per heavy atom. The SMILES string of the molecule is c1ccc(-n2cc(CCc3cccs3)nn2)cc1. The van der Waals surface area contributed by atoms with Crippen molar-refractivity contribution in [3.05, 3.63) is 64.6 Å². The minimum atomic E-state index is 0.938. The second-order valence-electron chi connectivity index (χ2n) is 4.07. The predicted molar refractivity (Wildman–Crippen MR) is 73.1 cm³/mol. The van der Waals surface area contributed by atoms with Crippen LogP contribution in [0.3, 0.4) is 0 Å². The van der Waals surface area contributed by atoms with Crippen molar-refractivity contribution in [3.63, 3.8) is 0 Å². The van der Waals surface area contributed by atoms with Crippen molar-refractivity contribution in [1.29, 1.82) is 0 Å². The number of hydrogen-bond donors (Lipinski definition) is 0. The Kier molecular flexibility index (Phi) is 3.19. The van der Waals surface area contributed by atoms with Crippen LogP contribution in [0.25, 0.3) is 5.69 Å². The molecule has 1 aromatic carbocycles. The number of aryl methyl sites for hydroxylation is 2. The monoisotopic (exact) mass is 255 g/mol. The smallest absolute Gasteiger partial charge is 0.0835 e. The minimum absolute atomic E-state index is 0.938. The highest BCUT2D eigenvalue weighted by Crippen LogP contribution is 2.12. The van der Waals surface area contributed by atoms with Crippen LogP contribution in [0.15, 0.2) is 54.0 Å². The van der Waals surface area contributed by atoms with Crippen LogP contribution in [0.1, 0.15) is 10.6 Å². The third kappa shape index (κ3) is 2.49. The highest BCUT2D eigenvalue weighted by molar-refractivity contribution is 7.09. The van der Waals surface area contributed by atoms with E-state index in [2.05, 4.69) is 27.8 Å². The molecule has 90 valence electrons. The van der Waals surface area contributed by atoms with Crippen LogP contribution < -0.4 is 0 Å². The zero-order valence-corrected chi connectivity index (χ0v) is 10.7. The van der Waals surface area contributed by atoms with E-state index in [-0.39, 0.29) is 0 Å². The topological polar surface area (TPSA) is 30.7 Å². The van der Waals surface area contributed by atoms with Crippen LogP contribution in [-0.4, -0.2) is 15.0 Å². The van der Waals surface area contributed by atoms with E-state index in [1.54, 1.807) is 11.3 Å². The average Bonchev–Trinajstić information content (AvgIpc) is 3.09. The van der Waals surface area contributed by atoms with Gasteiger partial charge >= 0.3 is 0 Å². The summed E-state index contributed by atoms with van der Waals surface area (Å²) < 4.78 is 1.82. The van der Waals surface area contributed by atoms with Gasteiger partial charge in [-0.15, -0.1) is 16.4 Å². The predicted octanol–water partition coefficient (Wildman–Crippen LogP) is 3.11. The van der Waals surface area contributed by atoms with E-state index >= 15 is 0 Å². The Morgan fingerprint density at radius 2 is 1.89 bits per heavy atom. The molecule has 0 radical (unpaired) electrons. The molecule has 0 saturated heterocycles. The van der Waals surface area contributed by atoms with Gasteiger partial charge in [-0.1, -0.05) is 29.5 Å². The van der Waals surface area contributed by atoms with E-state index < -0.39 is 0 Å². The molecule has 3 rings (SSSR count). The Balaban J connectivity index is 1.70. The van der Waals surface area contributed by atoms with E-state index in [1.807, 2.05) is 41.2 Å². The van der Waals surface area contributed by atoms with Crippen LogP contribution in [-0.2, 0) is 12.8 Å². The van der Waals surface area contributed by atoms with Gasteiger partial charge in [0.25, 0.3) is 0 Å². The lowest BCUT2D eigenvalue weighted by Gasteiger charge is -1.97. The number of nitrogens with zero attached hydrogens (tertiary/aromatic N) is 3. The summed E-state index contributed by atoms with van der Waals surface area (Å²) in [6.07, 6.45) is 3.97. The molecule has 0 aliphatic carbocycles. The van der Waals surface area contributed by atoms with E-state index in [0.29, 0.717) is 0 Å². The zero-order chi connectivity index (χ0) is 12.2. The number of aromatic nitrogens is 3. The third-order valence-electron chi connectivity index (χ3n) is 2.77. The number of para-hydroxylation sites is 1. The summed E-state index contributed by atoms with van der Waals surface area (Å²) in [7, 11) is 0. The molecule has 0 bridgehead atoms. The lowest BCUT2D eigenvalue weighted by molar-refractivity contribution is 0.794. The van der Waals surface area contributed by atoms with Crippen LogP contribution in [0.5, 0.6) is 0 Å². The Labute approximate surface area is 110 Å². The molecule has 0 aliphatic heterocycles. The van der Waals surface area contributed by atoms with Gasteiger partial charge in [-0.2, -0.15) is 0 Å². The standard InChI is InChI=1S/C14H13N3S/c1-2-5-13(6-3-1)17-11-12(15-16-17)8-9-14-7-4-10-18-14/h1-7,10-11H,8-9H2. The first-order valence-corrected chi connectivity index (χ1v) is 6.79. The molecule has 18 heavy (non-hydrogen) atoms. The number of hydrogen-bond acceptors (Lipinski definition) is 3. The fourth-order valence-corrected chi connectivity index (χ4v) is 2.53. The molecule has 2 aromatic heterocycles. The van der Waals surface area contributed by atoms with Gasteiger partial charge in [0.05, 0.1) is 17.6 Å².